The van der Waals surface area contributed by atoms with Gasteiger partial charge in [-0.1, -0.05) is 41.9 Å². The van der Waals surface area contributed by atoms with Gasteiger partial charge in [-0.2, -0.15) is 0 Å². The standard InChI is InChI=1S/C20H22ClF3N4O2/c21-15-6-2-1-5-14(15)17(28-9-11-29-12-10-28)13-26-19(25)27-16-7-3-4-8-18(16)30-20(22,23)24/h1-8,17H,9-13H2,(H3,25,26,27). The lowest BCUT2D eigenvalue weighted by molar-refractivity contribution is -0.274. The Labute approximate surface area is 177 Å². The first-order chi connectivity index (χ1) is 14.3. The van der Waals surface area contributed by atoms with Crippen LogP contribution in [0, 0.1) is 0 Å². The molecule has 1 heterocycles. The Morgan fingerprint density at radius 1 is 1.17 bits per heavy atom. The maximum absolute atomic E-state index is 12.6. The lowest BCUT2D eigenvalue weighted by atomic mass is 10.0. The summed E-state index contributed by atoms with van der Waals surface area (Å²) in [4.78, 5) is 6.55. The van der Waals surface area contributed by atoms with Gasteiger partial charge in [-0.05, 0) is 23.8 Å². The molecule has 1 atom stereocenters. The van der Waals surface area contributed by atoms with Gasteiger partial charge in [-0.3, -0.25) is 9.89 Å². The summed E-state index contributed by atoms with van der Waals surface area (Å²) in [5.74, 6) is -0.419. The van der Waals surface area contributed by atoms with Gasteiger partial charge in [0.15, 0.2) is 11.7 Å². The number of alkyl halides is 3. The second kappa shape index (κ2) is 10.0. The minimum absolute atomic E-state index is 0.0291. The predicted octanol–water partition coefficient (Wildman–Crippen LogP) is 4.04. The van der Waals surface area contributed by atoms with Crippen LogP contribution in [0.4, 0.5) is 18.9 Å². The number of para-hydroxylation sites is 2. The Morgan fingerprint density at radius 2 is 1.83 bits per heavy atom. The van der Waals surface area contributed by atoms with Gasteiger partial charge in [0, 0.05) is 18.1 Å². The largest absolute Gasteiger partial charge is 0.573 e. The summed E-state index contributed by atoms with van der Waals surface area (Å²) in [5, 5.41) is 3.29. The van der Waals surface area contributed by atoms with Crippen LogP contribution >= 0.6 is 11.6 Å². The Kier molecular flexibility index (Phi) is 7.41. The first kappa shape index (κ1) is 22.2. The topological polar surface area (TPSA) is 72.1 Å². The molecule has 30 heavy (non-hydrogen) atoms. The van der Waals surface area contributed by atoms with Gasteiger partial charge in [-0.15, -0.1) is 13.2 Å². The van der Waals surface area contributed by atoms with Crippen LogP contribution < -0.4 is 15.8 Å². The fraction of sp³-hybridized carbons (Fsp3) is 0.350. The van der Waals surface area contributed by atoms with Crippen LogP contribution in [0.3, 0.4) is 0 Å². The Morgan fingerprint density at radius 3 is 2.53 bits per heavy atom. The molecular formula is C20H22ClF3N4O2. The highest BCUT2D eigenvalue weighted by Crippen LogP contribution is 2.30. The molecule has 1 fully saturated rings. The van der Waals surface area contributed by atoms with Crippen LogP contribution in [0.15, 0.2) is 53.5 Å². The third-order valence-electron chi connectivity index (χ3n) is 4.56. The highest BCUT2D eigenvalue weighted by atomic mass is 35.5. The number of anilines is 1. The lowest BCUT2D eigenvalue weighted by Gasteiger charge is -2.34. The maximum Gasteiger partial charge on any atom is 0.573 e. The molecule has 0 radical (unpaired) electrons. The molecule has 3 N–H and O–H groups in total. The molecule has 0 saturated carbocycles. The number of guanidine groups is 1. The number of halogens is 4. The van der Waals surface area contributed by atoms with Gasteiger partial charge in [-0.25, -0.2) is 0 Å². The normalized spacial score (nSPS) is 16.9. The van der Waals surface area contributed by atoms with Crippen molar-refractivity contribution in [3.05, 3.63) is 59.1 Å². The molecule has 2 aromatic carbocycles. The number of nitrogens with one attached hydrogen (secondary N) is 1. The van der Waals surface area contributed by atoms with Crippen molar-refractivity contribution in [1.29, 1.82) is 0 Å². The zero-order chi connectivity index (χ0) is 21.6. The first-order valence-corrected chi connectivity index (χ1v) is 9.69. The van der Waals surface area contributed by atoms with Gasteiger partial charge in [0.25, 0.3) is 0 Å². The lowest BCUT2D eigenvalue weighted by Crippen LogP contribution is -2.40. The second-order valence-corrected chi connectivity index (χ2v) is 6.99. The van der Waals surface area contributed by atoms with E-state index in [1.54, 1.807) is 12.1 Å². The molecule has 0 aliphatic carbocycles. The maximum atomic E-state index is 12.6. The van der Waals surface area contributed by atoms with Crippen molar-refractivity contribution in [2.75, 3.05) is 38.2 Å². The summed E-state index contributed by atoms with van der Waals surface area (Å²) in [7, 11) is 0. The quantitative estimate of drug-likeness (QED) is 0.522. The van der Waals surface area contributed by atoms with Gasteiger partial charge in [0.1, 0.15) is 0 Å². The second-order valence-electron chi connectivity index (χ2n) is 6.58. The Bertz CT molecular complexity index is 873. The van der Waals surface area contributed by atoms with E-state index in [0.717, 1.165) is 5.56 Å². The monoisotopic (exact) mass is 442 g/mol. The van der Waals surface area contributed by atoms with Gasteiger partial charge in [0.05, 0.1) is 31.5 Å². The van der Waals surface area contributed by atoms with Crippen molar-refractivity contribution in [1.82, 2.24) is 4.90 Å². The van der Waals surface area contributed by atoms with Crippen LogP contribution in [-0.2, 0) is 4.74 Å². The summed E-state index contributed by atoms with van der Waals surface area (Å²) >= 11 is 6.39. The van der Waals surface area contributed by atoms with E-state index in [1.807, 2.05) is 18.2 Å². The zero-order valence-electron chi connectivity index (χ0n) is 16.0. The predicted molar refractivity (Wildman–Crippen MR) is 110 cm³/mol. The zero-order valence-corrected chi connectivity index (χ0v) is 16.8. The van der Waals surface area contributed by atoms with Gasteiger partial charge >= 0.3 is 6.36 Å². The van der Waals surface area contributed by atoms with Crippen LogP contribution in [-0.4, -0.2) is 50.1 Å². The summed E-state index contributed by atoms with van der Waals surface area (Å²) in [5.41, 5.74) is 6.93. The first-order valence-electron chi connectivity index (χ1n) is 9.31. The van der Waals surface area contributed by atoms with E-state index in [2.05, 4.69) is 19.9 Å². The van der Waals surface area contributed by atoms with Gasteiger partial charge in [0.2, 0.25) is 0 Å². The molecule has 1 aliphatic rings. The molecule has 0 amide bonds. The highest BCUT2D eigenvalue weighted by Gasteiger charge is 2.32. The number of nitrogens with zero attached hydrogens (tertiary/aromatic N) is 2. The van der Waals surface area contributed by atoms with Gasteiger partial charge < -0.3 is 20.5 Å². The van der Waals surface area contributed by atoms with Crippen LogP contribution in [0.1, 0.15) is 11.6 Å². The van der Waals surface area contributed by atoms with E-state index < -0.39 is 6.36 Å². The fourth-order valence-corrected chi connectivity index (χ4v) is 3.45. The van der Waals surface area contributed by atoms with Crippen LogP contribution in [0.5, 0.6) is 5.75 Å². The van der Waals surface area contributed by atoms with Crippen molar-refractivity contribution in [2.24, 2.45) is 10.7 Å². The molecule has 0 spiro atoms. The third kappa shape index (κ3) is 6.25. The van der Waals surface area contributed by atoms with E-state index in [4.69, 9.17) is 22.1 Å². The number of hydrogen-bond acceptors (Lipinski definition) is 4. The Balaban J connectivity index is 1.77. The molecule has 2 aromatic rings. The fourth-order valence-electron chi connectivity index (χ4n) is 3.19. The van der Waals surface area contributed by atoms with E-state index in [9.17, 15) is 13.2 Å². The molecular weight excluding hydrogens is 421 g/mol. The molecule has 0 bridgehead atoms. The molecule has 3 rings (SSSR count). The van der Waals surface area contributed by atoms with Crippen LogP contribution in [0.25, 0.3) is 0 Å². The molecule has 1 saturated heterocycles. The minimum Gasteiger partial charge on any atom is -0.404 e. The summed E-state index contributed by atoms with van der Waals surface area (Å²) in [6.07, 6.45) is -4.81. The molecule has 162 valence electrons. The Hall–Kier alpha value is -2.49. The number of nitrogens with two attached hydrogens (primary N) is 1. The smallest absolute Gasteiger partial charge is 0.404 e. The summed E-state index contributed by atoms with van der Waals surface area (Å²) in [6, 6.07) is 13.0. The van der Waals surface area contributed by atoms with Crippen molar-refractivity contribution < 1.29 is 22.6 Å². The van der Waals surface area contributed by atoms with E-state index in [-0.39, 0.29) is 30.0 Å². The number of aliphatic imine (C=N–C) groups is 1. The third-order valence-corrected chi connectivity index (χ3v) is 4.90. The van der Waals surface area contributed by atoms with Crippen LogP contribution in [0.2, 0.25) is 5.02 Å². The number of benzene rings is 2. The summed E-state index contributed by atoms with van der Waals surface area (Å²) < 4.78 is 47.3. The number of morpholine rings is 1. The molecule has 1 aliphatic heterocycles. The van der Waals surface area contributed by atoms with Crippen molar-refractivity contribution in [3.8, 4) is 5.75 Å². The van der Waals surface area contributed by atoms with Crippen molar-refractivity contribution in [2.45, 2.75) is 12.4 Å². The minimum atomic E-state index is -4.81. The van der Waals surface area contributed by atoms with Crippen molar-refractivity contribution >= 4 is 23.2 Å². The number of rotatable bonds is 6. The number of hydrogen-bond donors (Lipinski definition) is 2. The van der Waals surface area contributed by atoms with E-state index >= 15 is 0 Å². The van der Waals surface area contributed by atoms with E-state index in [1.165, 1.54) is 18.2 Å². The van der Waals surface area contributed by atoms with Crippen molar-refractivity contribution in [3.63, 3.8) is 0 Å². The molecule has 10 heteroatoms. The summed E-state index contributed by atoms with van der Waals surface area (Å²) in [6.45, 7) is 2.88. The molecule has 0 aromatic heterocycles. The number of ether oxygens (including phenoxy) is 2. The molecule has 6 nitrogen and oxygen atoms in total. The average Bonchev–Trinajstić information content (AvgIpc) is 2.71. The molecule has 1 unspecified atom stereocenters. The highest BCUT2D eigenvalue weighted by molar-refractivity contribution is 6.31. The van der Waals surface area contributed by atoms with E-state index in [0.29, 0.717) is 31.3 Å². The average molecular weight is 443 g/mol. The SMILES string of the molecule is NC(=NCC(c1ccccc1Cl)N1CCOCC1)Nc1ccccc1OC(F)(F)F.